The topological polar surface area (TPSA) is 40.5 Å². The van der Waals surface area contributed by atoms with Gasteiger partial charge in [-0.3, -0.25) is 0 Å². The largest absolute Gasteiger partial charge is 0.396 e. The summed E-state index contributed by atoms with van der Waals surface area (Å²) in [6.45, 7) is 0.340. The maximum atomic E-state index is 11.1. The molecule has 2 nitrogen and oxygen atoms in total. The van der Waals surface area contributed by atoms with Crippen LogP contribution in [0.25, 0.3) is 0 Å². The van der Waals surface area contributed by atoms with Crippen molar-refractivity contribution < 1.29 is 10.2 Å². The number of aliphatic hydroxyl groups is 2. The van der Waals surface area contributed by atoms with Crippen molar-refractivity contribution >= 4 is 11.8 Å². The molecule has 1 saturated carbocycles. The lowest BCUT2D eigenvalue weighted by Crippen LogP contribution is -2.41. The molecule has 1 aliphatic carbocycles. The molecule has 1 atom stereocenters. The second kappa shape index (κ2) is 13.6. The van der Waals surface area contributed by atoms with E-state index < -0.39 is 0 Å². The Morgan fingerprint density at radius 1 is 0.778 bits per heavy atom. The van der Waals surface area contributed by atoms with Crippen LogP contribution in [-0.2, 0) is 0 Å². The fraction of sp³-hybridized carbons (Fsp3) is 0.750. The lowest BCUT2D eigenvalue weighted by atomic mass is 9.82. The number of hydrogen-bond donors (Lipinski definition) is 2. The first-order valence-corrected chi connectivity index (χ1v) is 12.1. The molecule has 1 fully saturated rings. The highest BCUT2D eigenvalue weighted by Crippen LogP contribution is 2.47. The van der Waals surface area contributed by atoms with Crippen molar-refractivity contribution in [2.45, 2.75) is 112 Å². The van der Waals surface area contributed by atoms with Crippen LogP contribution in [0.1, 0.15) is 96.3 Å². The van der Waals surface area contributed by atoms with E-state index in [1.807, 2.05) is 11.8 Å². The molecule has 0 bridgehead atoms. The Kier molecular flexibility index (Phi) is 11.5. The van der Waals surface area contributed by atoms with E-state index >= 15 is 0 Å². The minimum absolute atomic E-state index is 0.0340. The lowest BCUT2D eigenvalue weighted by molar-refractivity contribution is 0.0956. The molecule has 1 aromatic carbocycles. The molecule has 0 amide bonds. The van der Waals surface area contributed by atoms with Crippen molar-refractivity contribution in [2.75, 3.05) is 6.61 Å². The molecule has 0 saturated heterocycles. The van der Waals surface area contributed by atoms with Crippen molar-refractivity contribution in [2.24, 2.45) is 0 Å². The monoisotopic (exact) mass is 392 g/mol. The van der Waals surface area contributed by atoms with Crippen LogP contribution in [0.2, 0.25) is 0 Å². The van der Waals surface area contributed by atoms with Crippen molar-refractivity contribution in [3.05, 3.63) is 30.3 Å². The van der Waals surface area contributed by atoms with E-state index in [2.05, 4.69) is 30.3 Å². The minimum atomic E-state index is -0.179. The number of thioether (sulfide) groups is 1. The van der Waals surface area contributed by atoms with Crippen LogP contribution in [0, 0.1) is 0 Å². The van der Waals surface area contributed by atoms with E-state index in [1.165, 1.54) is 69.1 Å². The normalized spacial score (nSPS) is 17.7. The van der Waals surface area contributed by atoms with Gasteiger partial charge in [-0.15, -0.1) is 11.8 Å². The molecule has 154 valence electrons. The summed E-state index contributed by atoms with van der Waals surface area (Å²) in [5.74, 6) is 0. The van der Waals surface area contributed by atoms with E-state index in [4.69, 9.17) is 5.11 Å². The van der Waals surface area contributed by atoms with E-state index in [0.29, 0.717) is 6.61 Å². The lowest BCUT2D eigenvalue weighted by Gasteiger charge is -2.41. The van der Waals surface area contributed by atoms with Gasteiger partial charge in [0.05, 0.1) is 6.10 Å². The highest BCUT2D eigenvalue weighted by atomic mass is 32.2. The quantitative estimate of drug-likeness (QED) is 0.345. The van der Waals surface area contributed by atoms with E-state index in [0.717, 1.165) is 32.1 Å². The van der Waals surface area contributed by atoms with E-state index in [-0.39, 0.29) is 10.9 Å². The second-order valence-corrected chi connectivity index (χ2v) is 9.74. The number of unbranched alkanes of at least 4 members (excludes halogenated alkanes) is 8. The Balaban J connectivity index is 1.66. The minimum Gasteiger partial charge on any atom is -0.396 e. The summed E-state index contributed by atoms with van der Waals surface area (Å²) in [5.41, 5.74) is 0. The number of hydrogen-bond acceptors (Lipinski definition) is 3. The van der Waals surface area contributed by atoms with Gasteiger partial charge in [0.15, 0.2) is 0 Å². The Bertz CT molecular complexity index is 471. The Hall–Kier alpha value is -0.510. The van der Waals surface area contributed by atoms with E-state index in [1.54, 1.807) is 0 Å². The molecular weight excluding hydrogens is 352 g/mol. The SMILES string of the molecule is OCCCCCCCCCCCC(O)C1(Sc2ccccc2)CCCCC1. The zero-order valence-corrected chi connectivity index (χ0v) is 17.9. The summed E-state index contributed by atoms with van der Waals surface area (Å²) in [7, 11) is 0. The average Bonchev–Trinajstić information content (AvgIpc) is 2.70. The Morgan fingerprint density at radius 2 is 1.33 bits per heavy atom. The van der Waals surface area contributed by atoms with Gasteiger partial charge in [0, 0.05) is 16.2 Å². The van der Waals surface area contributed by atoms with Crippen LogP contribution in [0.15, 0.2) is 35.2 Å². The predicted molar refractivity (Wildman–Crippen MR) is 117 cm³/mol. The highest BCUT2D eigenvalue weighted by Gasteiger charge is 2.39. The van der Waals surface area contributed by atoms with Gasteiger partial charge in [0.2, 0.25) is 0 Å². The Morgan fingerprint density at radius 3 is 1.93 bits per heavy atom. The fourth-order valence-corrected chi connectivity index (χ4v) is 5.84. The van der Waals surface area contributed by atoms with Gasteiger partial charge in [-0.05, 0) is 37.8 Å². The standard InChI is InChI=1S/C24H40O2S/c25-21-15-7-5-3-1-2-4-6-12-18-23(26)24(19-13-9-14-20-24)27-22-16-10-8-11-17-22/h8,10-11,16-17,23,25-26H,1-7,9,12-15,18-21H2. The van der Waals surface area contributed by atoms with Gasteiger partial charge >= 0.3 is 0 Å². The fourth-order valence-electron chi connectivity index (χ4n) is 4.33. The molecule has 1 unspecified atom stereocenters. The van der Waals surface area contributed by atoms with Gasteiger partial charge < -0.3 is 10.2 Å². The third-order valence-electron chi connectivity index (χ3n) is 6.01. The first-order valence-electron chi connectivity index (χ1n) is 11.3. The Labute approximate surface area is 171 Å². The number of aliphatic hydroxyl groups excluding tert-OH is 2. The molecular formula is C24H40O2S. The summed E-state index contributed by atoms with van der Waals surface area (Å²) >= 11 is 1.93. The zero-order valence-electron chi connectivity index (χ0n) is 17.1. The molecule has 0 aromatic heterocycles. The predicted octanol–water partition coefficient (Wildman–Crippen LogP) is 6.74. The molecule has 0 radical (unpaired) electrons. The average molecular weight is 393 g/mol. The number of benzene rings is 1. The highest BCUT2D eigenvalue weighted by molar-refractivity contribution is 8.00. The van der Waals surface area contributed by atoms with Crippen LogP contribution >= 0.6 is 11.8 Å². The molecule has 0 spiro atoms. The smallest absolute Gasteiger partial charge is 0.0690 e. The van der Waals surface area contributed by atoms with Gasteiger partial charge in [-0.1, -0.05) is 88.8 Å². The van der Waals surface area contributed by atoms with Crippen molar-refractivity contribution in [3.8, 4) is 0 Å². The van der Waals surface area contributed by atoms with Crippen LogP contribution in [0.5, 0.6) is 0 Å². The number of rotatable bonds is 14. The summed E-state index contributed by atoms with van der Waals surface area (Å²) < 4.78 is 0.0340. The molecule has 1 aliphatic rings. The first-order chi connectivity index (χ1) is 13.3. The second-order valence-electron chi connectivity index (χ2n) is 8.25. The first kappa shape index (κ1) is 22.8. The summed E-state index contributed by atoms with van der Waals surface area (Å²) in [5, 5.41) is 19.9. The van der Waals surface area contributed by atoms with Crippen LogP contribution in [0.4, 0.5) is 0 Å². The van der Waals surface area contributed by atoms with Crippen LogP contribution in [-0.4, -0.2) is 27.7 Å². The summed E-state index contributed by atoms with van der Waals surface area (Å²) in [4.78, 5) is 1.31. The third-order valence-corrected chi connectivity index (χ3v) is 7.60. The van der Waals surface area contributed by atoms with Crippen LogP contribution in [0.3, 0.4) is 0 Å². The van der Waals surface area contributed by atoms with Gasteiger partial charge in [0.25, 0.3) is 0 Å². The maximum Gasteiger partial charge on any atom is 0.0690 e. The van der Waals surface area contributed by atoms with Crippen molar-refractivity contribution in [1.29, 1.82) is 0 Å². The van der Waals surface area contributed by atoms with Gasteiger partial charge in [-0.2, -0.15) is 0 Å². The molecule has 2 N–H and O–H groups in total. The molecule has 1 aromatic rings. The molecule has 0 aliphatic heterocycles. The van der Waals surface area contributed by atoms with Crippen LogP contribution < -0.4 is 0 Å². The van der Waals surface area contributed by atoms with Gasteiger partial charge in [0.1, 0.15) is 0 Å². The summed E-state index contributed by atoms with van der Waals surface area (Å²) in [6.07, 6.45) is 18.0. The molecule has 3 heteroatoms. The molecule has 0 heterocycles. The van der Waals surface area contributed by atoms with Crippen molar-refractivity contribution in [3.63, 3.8) is 0 Å². The molecule has 27 heavy (non-hydrogen) atoms. The zero-order chi connectivity index (χ0) is 19.2. The van der Waals surface area contributed by atoms with E-state index in [9.17, 15) is 5.11 Å². The van der Waals surface area contributed by atoms with Crippen molar-refractivity contribution in [1.82, 2.24) is 0 Å². The summed E-state index contributed by atoms with van der Waals surface area (Å²) in [6, 6.07) is 10.7. The third kappa shape index (κ3) is 8.58. The molecule has 2 rings (SSSR count). The van der Waals surface area contributed by atoms with Gasteiger partial charge in [-0.25, -0.2) is 0 Å². The maximum absolute atomic E-state index is 11.1.